The number of aromatic nitrogens is 1. The molecule has 0 amide bonds. The number of hydrogen-bond acceptors (Lipinski definition) is 18. The summed E-state index contributed by atoms with van der Waals surface area (Å²) in [5.41, 5.74) is 0.502. The maximum Gasteiger partial charge on any atom is 0.314 e. The number of methoxy groups -OCH3 is 1. The topological polar surface area (TPSA) is 222 Å². The van der Waals surface area contributed by atoms with Crippen LogP contribution in [-0.2, 0) is 63.5 Å². The van der Waals surface area contributed by atoms with Crippen molar-refractivity contribution < 1.29 is 72.4 Å². The summed E-state index contributed by atoms with van der Waals surface area (Å²) in [5, 5.41) is 36.5. The number of aldehydes is 1. The van der Waals surface area contributed by atoms with Gasteiger partial charge >= 0.3 is 17.9 Å². The molecule has 3 N–H and O–H groups in total. The van der Waals surface area contributed by atoms with E-state index in [-0.39, 0.29) is 44.8 Å². The summed E-state index contributed by atoms with van der Waals surface area (Å²) < 4.78 is 49.0. The van der Waals surface area contributed by atoms with Crippen LogP contribution in [0.5, 0.6) is 0 Å². The van der Waals surface area contributed by atoms with Gasteiger partial charge in [0.25, 0.3) is 0 Å². The van der Waals surface area contributed by atoms with Gasteiger partial charge in [-0.2, -0.15) is 0 Å². The van der Waals surface area contributed by atoms with Crippen molar-refractivity contribution in [1.29, 1.82) is 0 Å². The molecule has 0 bridgehead atoms. The average molecular weight is 986 g/mol. The number of hydrogen-bond donors (Lipinski definition) is 3. The molecule has 392 valence electrons. The number of carbonyl (C=O) groups excluding carboxylic acids is 4. The van der Waals surface area contributed by atoms with Gasteiger partial charge in [0.15, 0.2) is 12.6 Å². The first kappa shape index (κ1) is 57.0. The fourth-order valence-electron chi connectivity index (χ4n) is 10.4. The van der Waals surface area contributed by atoms with E-state index in [0.717, 1.165) is 22.8 Å². The van der Waals surface area contributed by atoms with Crippen molar-refractivity contribution in [2.24, 2.45) is 23.7 Å². The number of aliphatic hydroxyl groups excluding tert-OH is 2. The van der Waals surface area contributed by atoms with Gasteiger partial charge in [0.2, 0.25) is 0 Å². The largest absolute Gasteiger partial charge is 0.466 e. The summed E-state index contributed by atoms with van der Waals surface area (Å²) in [7, 11) is 6.82. The predicted molar refractivity (Wildman–Crippen MR) is 258 cm³/mol. The molecular formula is C52H79N3O15. The van der Waals surface area contributed by atoms with Gasteiger partial charge in [-0.05, 0) is 104 Å². The van der Waals surface area contributed by atoms with Gasteiger partial charge in [-0.1, -0.05) is 44.2 Å². The summed E-state index contributed by atoms with van der Waals surface area (Å²) in [6.45, 7) is 11.2. The lowest BCUT2D eigenvalue weighted by molar-refractivity contribution is -0.340. The third kappa shape index (κ3) is 15.1. The third-order valence-corrected chi connectivity index (χ3v) is 14.0. The van der Waals surface area contributed by atoms with E-state index in [9.17, 15) is 34.5 Å². The highest BCUT2D eigenvalue weighted by molar-refractivity contribution is 5.82. The summed E-state index contributed by atoms with van der Waals surface area (Å²) >= 11 is 0. The minimum atomic E-state index is -1.54. The van der Waals surface area contributed by atoms with Crippen LogP contribution >= 0.6 is 0 Å². The first-order chi connectivity index (χ1) is 33.3. The van der Waals surface area contributed by atoms with Gasteiger partial charge in [-0.25, -0.2) is 0 Å². The van der Waals surface area contributed by atoms with E-state index in [2.05, 4.69) is 23.2 Å². The molecule has 2 aromatic rings. The minimum absolute atomic E-state index is 0.0123. The number of cyclic esters (lactones) is 1. The Morgan fingerprint density at radius 1 is 1.01 bits per heavy atom. The Bertz CT molecular complexity index is 2010. The number of likely N-dealkylation sites (N-methyl/N-ethyl adjacent to an activating group) is 2. The molecule has 1 unspecified atom stereocenters. The predicted octanol–water partition coefficient (Wildman–Crippen LogP) is 4.02. The highest BCUT2D eigenvalue weighted by Crippen LogP contribution is 2.39. The lowest BCUT2D eigenvalue weighted by Gasteiger charge is -2.50. The Hall–Kier alpha value is -3.95. The number of ether oxygens (including phenoxy) is 8. The monoisotopic (exact) mass is 986 g/mol. The van der Waals surface area contributed by atoms with Gasteiger partial charge in [-0.3, -0.25) is 19.4 Å². The Morgan fingerprint density at radius 3 is 2.43 bits per heavy atom. The molecular weight excluding hydrogens is 907 g/mol. The van der Waals surface area contributed by atoms with Crippen molar-refractivity contribution in [2.75, 3.05) is 54.6 Å². The van der Waals surface area contributed by atoms with Crippen LogP contribution in [0, 0.1) is 23.7 Å². The number of rotatable bonds is 15. The second-order valence-corrected chi connectivity index (χ2v) is 19.8. The van der Waals surface area contributed by atoms with Crippen molar-refractivity contribution in [1.82, 2.24) is 14.8 Å². The molecule has 3 aliphatic heterocycles. The van der Waals surface area contributed by atoms with Crippen LogP contribution in [-0.4, -0.2) is 182 Å². The number of nitrogens with zero attached hydrogens (tertiary/aromatic N) is 3. The lowest BCUT2D eigenvalue weighted by Crippen LogP contribution is -2.65. The quantitative estimate of drug-likeness (QED) is 0.0993. The summed E-state index contributed by atoms with van der Waals surface area (Å²) in [6.07, 6.45) is -3.11. The van der Waals surface area contributed by atoms with Crippen LogP contribution < -0.4 is 0 Å². The molecule has 3 fully saturated rings. The van der Waals surface area contributed by atoms with E-state index in [1.54, 1.807) is 52.9 Å². The molecule has 5 rings (SSSR count). The van der Waals surface area contributed by atoms with Gasteiger partial charge in [-0.15, -0.1) is 0 Å². The van der Waals surface area contributed by atoms with E-state index < -0.39 is 115 Å². The number of carbonyl (C=O) groups is 4. The molecule has 3 aliphatic rings. The number of aliphatic hydroxyl groups is 3. The second kappa shape index (κ2) is 26.7. The number of allylic oxidation sites excluding steroid dienone is 1. The molecule has 70 heavy (non-hydrogen) atoms. The maximum atomic E-state index is 13.8. The minimum Gasteiger partial charge on any atom is -0.466 e. The van der Waals surface area contributed by atoms with Crippen LogP contribution in [0.4, 0.5) is 0 Å². The zero-order valence-electron chi connectivity index (χ0n) is 42.7. The smallest absolute Gasteiger partial charge is 0.314 e. The molecule has 1 aromatic carbocycles. The van der Waals surface area contributed by atoms with E-state index in [1.165, 1.54) is 14.0 Å². The highest BCUT2D eigenvalue weighted by atomic mass is 16.7. The summed E-state index contributed by atoms with van der Waals surface area (Å²) in [4.78, 5) is 60.6. The van der Waals surface area contributed by atoms with Crippen molar-refractivity contribution in [3.05, 3.63) is 54.2 Å². The standard InChI is InChI=1S/C52H79N3O15/c1-11-41(58)68-40-27-42(59)65-25-22-34(16-15-17-35-20-23-53-38-19-14-13-18-37(35)38)29-55(9)30-39(57)31(3)26-36(21-24-56)48(49(40)63-10)70-51-46(60)45(54(7)8)47(33(5)67-51)69-43-28-52(6,62)44(32(4)66-43)50(61)64-12-2/h13-16,18-20,23-24,31-34,36,39-40,43-49,51,57,60,62H,11-12,17,21-22,25-30H2,1-10H3/b16-15+/t31-,32+,33-,34?,36+,39+,40-,43+,44-,45-,46-,47-,48+,49+,51+,52-/m1/s1. The van der Waals surface area contributed by atoms with Crippen molar-refractivity contribution >= 4 is 35.1 Å². The zero-order chi connectivity index (χ0) is 51.3. The second-order valence-electron chi connectivity index (χ2n) is 19.8. The van der Waals surface area contributed by atoms with Crippen molar-refractivity contribution in [3.63, 3.8) is 0 Å². The number of para-hydroxylation sites is 1. The highest BCUT2D eigenvalue weighted by Gasteiger charge is 2.54. The molecule has 18 nitrogen and oxygen atoms in total. The molecule has 4 heterocycles. The van der Waals surface area contributed by atoms with Crippen LogP contribution in [0.1, 0.15) is 85.6 Å². The number of benzene rings is 1. The molecule has 0 saturated carbocycles. The van der Waals surface area contributed by atoms with Gasteiger partial charge in [0.05, 0.1) is 61.2 Å². The Morgan fingerprint density at radius 2 is 1.76 bits per heavy atom. The zero-order valence-corrected chi connectivity index (χ0v) is 42.7. The average Bonchev–Trinajstić information content (AvgIpc) is 3.29. The van der Waals surface area contributed by atoms with Crippen molar-refractivity contribution in [2.45, 2.75) is 160 Å². The SMILES string of the molecule is CCOC(=O)[C@H]1[C@H](C)O[C@@H](O[C@H]2[C@H](N(C)C)[C@@H](O)[C@H](O[C@H]3[C@@H](CC=O)C[C@@H](C)[C@@H](O)CN(C)CC(/C=C/Cc4ccnc5ccccc45)CCOC(=O)C[C@@H](OC(=O)CC)[C@@H]3OC)O[C@@H]2C)C[C@@]1(C)O. The van der Waals surface area contributed by atoms with Crippen molar-refractivity contribution in [3.8, 4) is 0 Å². The Labute approximate surface area is 413 Å². The lowest BCUT2D eigenvalue weighted by atomic mass is 9.80. The number of pyridine rings is 1. The first-order valence-electron chi connectivity index (χ1n) is 24.8. The normalized spacial score (nSPS) is 35.6. The first-order valence-corrected chi connectivity index (χ1v) is 24.8. The fourth-order valence-corrected chi connectivity index (χ4v) is 10.4. The molecule has 16 atom stereocenters. The van der Waals surface area contributed by atoms with Gasteiger partial charge in [0.1, 0.15) is 36.6 Å². The number of fused-ring (bicyclic) bond motifs is 1. The molecule has 18 heteroatoms. The molecule has 0 radical (unpaired) electrons. The van der Waals surface area contributed by atoms with Crippen LogP contribution in [0.15, 0.2) is 48.7 Å². The molecule has 0 aliphatic carbocycles. The molecule has 1 aromatic heterocycles. The molecule has 3 saturated heterocycles. The van der Waals surface area contributed by atoms with Gasteiger partial charge in [0, 0.05) is 51.0 Å². The van der Waals surface area contributed by atoms with E-state index in [1.807, 2.05) is 43.1 Å². The van der Waals surface area contributed by atoms with Crippen LogP contribution in [0.3, 0.4) is 0 Å². The maximum absolute atomic E-state index is 13.8. The van der Waals surface area contributed by atoms with Crippen LogP contribution in [0.25, 0.3) is 10.9 Å². The summed E-state index contributed by atoms with van der Waals surface area (Å²) in [6, 6.07) is 9.18. The number of esters is 3. The van der Waals surface area contributed by atoms with E-state index in [4.69, 9.17) is 37.9 Å². The van der Waals surface area contributed by atoms with Gasteiger partial charge < -0.3 is 67.8 Å². The Kier molecular flexibility index (Phi) is 21.7. The Balaban J connectivity index is 1.41. The summed E-state index contributed by atoms with van der Waals surface area (Å²) in [5.74, 6) is -3.96. The third-order valence-electron chi connectivity index (χ3n) is 14.0. The van der Waals surface area contributed by atoms with Crippen LogP contribution in [0.2, 0.25) is 0 Å². The van der Waals surface area contributed by atoms with E-state index in [0.29, 0.717) is 25.9 Å². The fraction of sp³-hybridized carbons (Fsp3) is 0.712. The van der Waals surface area contributed by atoms with E-state index >= 15 is 0 Å². The molecule has 0 spiro atoms. The number of β-amino-alcohol motifs (C(OH)–C–C–N with tert-alkyl or cyclic N) is 1.